The Balaban J connectivity index is 0.000000171. The number of phenolic OH excluding ortho intramolecular Hbond substituents is 2. The second-order valence-electron chi connectivity index (χ2n) is 3.43. The molecule has 88 valence electrons. The van der Waals surface area contributed by atoms with Gasteiger partial charge in [0.1, 0.15) is 11.5 Å². The summed E-state index contributed by atoms with van der Waals surface area (Å²) in [5, 5.41) is 17.3. The fraction of sp³-hybridized carbons (Fsp3) is 0.0667. The van der Waals surface area contributed by atoms with Crippen molar-refractivity contribution in [1.29, 1.82) is 0 Å². The van der Waals surface area contributed by atoms with Crippen molar-refractivity contribution in [2.24, 2.45) is 0 Å². The fourth-order valence-corrected chi connectivity index (χ4v) is 1.25. The van der Waals surface area contributed by atoms with Crippen LogP contribution in [0, 0.1) is 0 Å². The van der Waals surface area contributed by atoms with E-state index in [1.54, 1.807) is 6.07 Å². The van der Waals surface area contributed by atoms with Gasteiger partial charge in [-0.25, -0.2) is 0 Å². The lowest BCUT2D eigenvalue weighted by Gasteiger charge is -1.89. The Hall–Kier alpha value is -2.22. The summed E-state index contributed by atoms with van der Waals surface area (Å²) in [4.78, 5) is 0. The van der Waals surface area contributed by atoms with E-state index in [0.29, 0.717) is 0 Å². The third-order valence-corrected chi connectivity index (χ3v) is 1.99. The molecule has 0 aromatic heterocycles. The Morgan fingerprint density at radius 2 is 1.41 bits per heavy atom. The molecule has 0 aliphatic rings. The van der Waals surface area contributed by atoms with Crippen molar-refractivity contribution in [2.45, 2.75) is 6.92 Å². The molecule has 0 aliphatic carbocycles. The van der Waals surface area contributed by atoms with Gasteiger partial charge < -0.3 is 10.2 Å². The summed E-state index contributed by atoms with van der Waals surface area (Å²) in [7, 11) is 0. The molecule has 2 rings (SSSR count). The third-order valence-electron chi connectivity index (χ3n) is 1.99. The van der Waals surface area contributed by atoms with Gasteiger partial charge in [-0.1, -0.05) is 48.6 Å². The minimum Gasteiger partial charge on any atom is -0.508 e. The van der Waals surface area contributed by atoms with E-state index in [0.717, 1.165) is 0 Å². The summed E-state index contributed by atoms with van der Waals surface area (Å²) in [5.74, 6) is 0.176. The molecular formula is C15H16O2. The summed E-state index contributed by atoms with van der Waals surface area (Å²) < 4.78 is 0. The van der Waals surface area contributed by atoms with Gasteiger partial charge in [0.25, 0.3) is 0 Å². The average molecular weight is 228 g/mol. The molecule has 0 saturated carbocycles. The zero-order valence-electron chi connectivity index (χ0n) is 9.75. The van der Waals surface area contributed by atoms with Crippen LogP contribution in [0.5, 0.6) is 11.5 Å². The van der Waals surface area contributed by atoms with Gasteiger partial charge in [-0.2, -0.15) is 0 Å². The van der Waals surface area contributed by atoms with Crippen molar-refractivity contribution in [3.8, 4) is 11.5 Å². The lowest BCUT2D eigenvalue weighted by Crippen LogP contribution is -1.65. The van der Waals surface area contributed by atoms with Crippen molar-refractivity contribution in [3.63, 3.8) is 0 Å². The highest BCUT2D eigenvalue weighted by Crippen LogP contribution is 2.14. The van der Waals surface area contributed by atoms with Crippen LogP contribution in [0.4, 0.5) is 0 Å². The van der Waals surface area contributed by atoms with Crippen LogP contribution in [0.25, 0.3) is 6.08 Å². The van der Waals surface area contributed by atoms with Gasteiger partial charge in [0.2, 0.25) is 0 Å². The molecule has 17 heavy (non-hydrogen) atoms. The highest BCUT2D eigenvalue weighted by molar-refractivity contribution is 5.47. The quantitative estimate of drug-likeness (QED) is 0.779. The standard InChI is InChI=1S/C9H10.C6H6O2/c1-2-6-9-7-4-3-5-8-9;7-5-2-1-3-6(8)4-5/h2-8H,1H3;1-4,7-8H. The minimum absolute atomic E-state index is 0.0880. The predicted molar refractivity (Wildman–Crippen MR) is 70.9 cm³/mol. The van der Waals surface area contributed by atoms with E-state index in [1.165, 1.54) is 23.8 Å². The lowest BCUT2D eigenvalue weighted by atomic mass is 10.2. The van der Waals surface area contributed by atoms with Gasteiger partial charge in [0, 0.05) is 6.07 Å². The molecule has 0 saturated heterocycles. The number of phenols is 2. The zero-order chi connectivity index (χ0) is 12.5. The van der Waals surface area contributed by atoms with Crippen LogP contribution in [0.1, 0.15) is 12.5 Å². The van der Waals surface area contributed by atoms with Gasteiger partial charge in [0.15, 0.2) is 0 Å². The highest BCUT2D eigenvalue weighted by Gasteiger charge is 1.85. The molecule has 0 heterocycles. The first-order chi connectivity index (χ1) is 8.22. The normalized spacial score (nSPS) is 9.71. The molecule has 0 atom stereocenters. The molecule has 0 unspecified atom stereocenters. The summed E-state index contributed by atoms with van der Waals surface area (Å²) in [6.45, 7) is 2.02. The van der Waals surface area contributed by atoms with E-state index in [4.69, 9.17) is 10.2 Å². The molecule has 0 fully saturated rings. The van der Waals surface area contributed by atoms with Crippen molar-refractivity contribution < 1.29 is 10.2 Å². The maximum Gasteiger partial charge on any atom is 0.119 e. The Labute approximate surface area is 101 Å². The Morgan fingerprint density at radius 3 is 1.82 bits per heavy atom. The molecule has 2 aromatic carbocycles. The second-order valence-corrected chi connectivity index (χ2v) is 3.43. The summed E-state index contributed by atoms with van der Waals surface area (Å²) in [6, 6.07) is 16.1. The van der Waals surface area contributed by atoms with E-state index >= 15 is 0 Å². The highest BCUT2D eigenvalue weighted by atomic mass is 16.3. The van der Waals surface area contributed by atoms with Gasteiger partial charge in [-0.3, -0.25) is 0 Å². The predicted octanol–water partition coefficient (Wildman–Crippen LogP) is 3.82. The Morgan fingerprint density at radius 1 is 0.824 bits per heavy atom. The SMILES string of the molecule is CC=Cc1ccccc1.Oc1cccc(O)c1. The molecular weight excluding hydrogens is 212 g/mol. The fourth-order valence-electron chi connectivity index (χ4n) is 1.25. The van der Waals surface area contributed by atoms with Crippen LogP contribution in [-0.4, -0.2) is 10.2 Å². The van der Waals surface area contributed by atoms with Crippen LogP contribution in [0.15, 0.2) is 60.7 Å². The average Bonchev–Trinajstić information content (AvgIpc) is 2.31. The molecule has 0 bridgehead atoms. The molecule has 2 heteroatoms. The van der Waals surface area contributed by atoms with E-state index in [-0.39, 0.29) is 11.5 Å². The summed E-state index contributed by atoms with van der Waals surface area (Å²) in [6.07, 6.45) is 4.12. The van der Waals surface area contributed by atoms with Crippen LogP contribution in [-0.2, 0) is 0 Å². The van der Waals surface area contributed by atoms with E-state index in [9.17, 15) is 0 Å². The second kappa shape index (κ2) is 7.12. The molecule has 0 amide bonds. The molecule has 0 radical (unpaired) electrons. The van der Waals surface area contributed by atoms with Crippen LogP contribution < -0.4 is 0 Å². The summed E-state index contributed by atoms with van der Waals surface area (Å²) >= 11 is 0. The van der Waals surface area contributed by atoms with Crippen molar-refractivity contribution in [2.75, 3.05) is 0 Å². The van der Waals surface area contributed by atoms with E-state index in [1.807, 2.05) is 31.2 Å². The first kappa shape index (κ1) is 12.8. The van der Waals surface area contributed by atoms with Crippen LogP contribution in [0.3, 0.4) is 0 Å². The molecule has 0 aliphatic heterocycles. The summed E-state index contributed by atoms with van der Waals surface area (Å²) in [5.41, 5.74) is 1.26. The van der Waals surface area contributed by atoms with Gasteiger partial charge in [-0.05, 0) is 24.6 Å². The number of rotatable bonds is 1. The maximum atomic E-state index is 8.65. The smallest absolute Gasteiger partial charge is 0.119 e. The van der Waals surface area contributed by atoms with Crippen molar-refractivity contribution in [1.82, 2.24) is 0 Å². The molecule has 2 N–H and O–H groups in total. The number of hydrogen-bond donors (Lipinski definition) is 2. The molecule has 0 spiro atoms. The largest absolute Gasteiger partial charge is 0.508 e. The lowest BCUT2D eigenvalue weighted by molar-refractivity contribution is 0.450. The topological polar surface area (TPSA) is 40.5 Å². The maximum absolute atomic E-state index is 8.65. The Kier molecular flexibility index (Phi) is 5.38. The number of hydrogen-bond acceptors (Lipinski definition) is 2. The molecule has 2 nitrogen and oxygen atoms in total. The Bertz CT molecular complexity index is 444. The van der Waals surface area contributed by atoms with Gasteiger partial charge in [-0.15, -0.1) is 0 Å². The molecule has 2 aromatic rings. The number of benzene rings is 2. The first-order valence-corrected chi connectivity index (χ1v) is 5.38. The number of aromatic hydroxyl groups is 2. The third kappa shape index (κ3) is 5.42. The zero-order valence-corrected chi connectivity index (χ0v) is 9.75. The van der Waals surface area contributed by atoms with Gasteiger partial charge in [0.05, 0.1) is 0 Å². The van der Waals surface area contributed by atoms with Crippen molar-refractivity contribution >= 4 is 6.08 Å². The van der Waals surface area contributed by atoms with E-state index in [2.05, 4.69) is 18.2 Å². The van der Waals surface area contributed by atoms with Crippen molar-refractivity contribution in [3.05, 3.63) is 66.2 Å². The van der Waals surface area contributed by atoms with Crippen LogP contribution in [0.2, 0.25) is 0 Å². The number of allylic oxidation sites excluding steroid dienone is 1. The van der Waals surface area contributed by atoms with Crippen LogP contribution >= 0.6 is 0 Å². The minimum atomic E-state index is 0.0880. The monoisotopic (exact) mass is 228 g/mol. The van der Waals surface area contributed by atoms with E-state index < -0.39 is 0 Å². The van der Waals surface area contributed by atoms with Gasteiger partial charge >= 0.3 is 0 Å². The first-order valence-electron chi connectivity index (χ1n) is 5.38.